The predicted molar refractivity (Wildman–Crippen MR) is 183 cm³/mol. The monoisotopic (exact) mass is 715 g/mol. The molecule has 2 amide bonds. The second-order valence-electron chi connectivity index (χ2n) is 12.3. The molecule has 0 aliphatic rings. The number of carbonyl (C=O) groups is 2. The quantitative estimate of drug-likeness (QED) is 0.169. The van der Waals surface area contributed by atoms with Crippen LogP contribution in [0.2, 0.25) is 5.02 Å². The van der Waals surface area contributed by atoms with Gasteiger partial charge in [0, 0.05) is 18.5 Å². The van der Waals surface area contributed by atoms with Crippen LogP contribution in [-0.2, 0) is 38.8 Å². The van der Waals surface area contributed by atoms with E-state index in [1.54, 1.807) is 81.4 Å². The molecule has 0 unspecified atom stereocenters. The summed E-state index contributed by atoms with van der Waals surface area (Å²) in [7, 11) is -3.14. The van der Waals surface area contributed by atoms with Gasteiger partial charge in [0.2, 0.25) is 11.8 Å². The third kappa shape index (κ3) is 9.76. The summed E-state index contributed by atoms with van der Waals surface area (Å²) in [6.45, 7) is 4.26. The Bertz CT molecular complexity index is 1870. The molecule has 0 heterocycles. The van der Waals surface area contributed by atoms with Gasteiger partial charge in [-0.25, -0.2) is 8.42 Å². The number of ether oxygens (including phenoxy) is 1. The maximum Gasteiger partial charge on any atom is 0.417 e. The lowest BCUT2D eigenvalue weighted by Gasteiger charge is -2.35. The molecule has 13 heteroatoms. The number of alkyl halides is 3. The van der Waals surface area contributed by atoms with E-state index < -0.39 is 62.4 Å². The number of anilines is 1. The van der Waals surface area contributed by atoms with Gasteiger partial charge in [0.25, 0.3) is 10.0 Å². The van der Waals surface area contributed by atoms with Crippen molar-refractivity contribution in [1.82, 2.24) is 10.2 Å². The van der Waals surface area contributed by atoms with E-state index in [9.17, 15) is 31.2 Å². The number of rotatable bonds is 12. The Morgan fingerprint density at radius 2 is 1.47 bits per heavy atom. The number of nitrogens with one attached hydrogen (secondary N) is 1. The van der Waals surface area contributed by atoms with E-state index in [4.69, 9.17) is 16.3 Å². The van der Waals surface area contributed by atoms with Gasteiger partial charge in [-0.1, -0.05) is 72.3 Å². The molecule has 1 N–H and O–H groups in total. The first-order valence-electron chi connectivity index (χ1n) is 15.2. The summed E-state index contributed by atoms with van der Waals surface area (Å²) in [6.07, 6.45) is -4.85. The summed E-state index contributed by atoms with van der Waals surface area (Å²) in [6, 6.07) is 24.3. The van der Waals surface area contributed by atoms with Crippen LogP contribution in [0.25, 0.3) is 0 Å². The lowest BCUT2D eigenvalue weighted by Crippen LogP contribution is -2.56. The van der Waals surface area contributed by atoms with E-state index in [-0.39, 0.29) is 17.9 Å². The molecule has 260 valence electrons. The van der Waals surface area contributed by atoms with Gasteiger partial charge in [0.15, 0.2) is 0 Å². The molecule has 0 fully saturated rings. The van der Waals surface area contributed by atoms with Crippen LogP contribution < -0.4 is 14.4 Å². The first-order chi connectivity index (χ1) is 23.0. The van der Waals surface area contributed by atoms with Crippen LogP contribution in [0.1, 0.15) is 37.5 Å². The van der Waals surface area contributed by atoms with Crippen molar-refractivity contribution in [1.29, 1.82) is 0 Å². The Kier molecular flexibility index (Phi) is 11.7. The smallest absolute Gasteiger partial charge is 0.417 e. The fraction of sp³-hybridized carbons (Fsp3) is 0.278. The normalized spacial score (nSPS) is 12.6. The molecule has 0 aliphatic carbocycles. The predicted octanol–water partition coefficient (Wildman–Crippen LogP) is 7.12. The second-order valence-corrected chi connectivity index (χ2v) is 14.6. The molecule has 0 spiro atoms. The number of nitrogens with zero attached hydrogens (tertiary/aromatic N) is 2. The van der Waals surface area contributed by atoms with E-state index in [0.29, 0.717) is 21.7 Å². The zero-order valence-corrected chi connectivity index (χ0v) is 28.9. The standard InChI is InChI=1S/C36H37ClF3N3O5S/c1-35(2,3)41-34(45)32(21-25-12-7-5-8-13-25)42(23-26-14-11-15-28(20-26)48-4)33(44)24-43(49(46,47)29-16-9-6-10-17-29)27-18-19-31(37)30(22-27)36(38,39)40/h5-20,22,32H,21,23-24H2,1-4H3,(H,41,45)/t32-/m0/s1. The number of hydrogen-bond acceptors (Lipinski definition) is 5. The zero-order chi connectivity index (χ0) is 36.0. The Morgan fingerprint density at radius 3 is 2.06 bits per heavy atom. The lowest BCUT2D eigenvalue weighted by atomic mass is 10.0. The SMILES string of the molecule is COc1cccc(CN(C(=O)CN(c2ccc(Cl)c(C(F)(F)F)c2)S(=O)(=O)c2ccccc2)[C@@H](Cc2ccccc2)C(=O)NC(C)(C)C)c1. The largest absolute Gasteiger partial charge is 0.497 e. The molecule has 0 bridgehead atoms. The average Bonchev–Trinajstić information content (AvgIpc) is 3.05. The molecule has 49 heavy (non-hydrogen) atoms. The van der Waals surface area contributed by atoms with Crippen molar-refractivity contribution >= 4 is 39.1 Å². The van der Waals surface area contributed by atoms with Gasteiger partial charge >= 0.3 is 6.18 Å². The summed E-state index contributed by atoms with van der Waals surface area (Å²) < 4.78 is 76.1. The maximum absolute atomic E-state index is 14.6. The Balaban J connectivity index is 1.88. The average molecular weight is 716 g/mol. The molecule has 0 saturated carbocycles. The van der Waals surface area contributed by atoms with Gasteiger partial charge in [-0.3, -0.25) is 13.9 Å². The van der Waals surface area contributed by atoms with Gasteiger partial charge < -0.3 is 15.0 Å². The molecule has 4 aromatic rings. The van der Waals surface area contributed by atoms with E-state index in [0.717, 1.165) is 17.7 Å². The number of methoxy groups -OCH3 is 1. The van der Waals surface area contributed by atoms with Gasteiger partial charge in [0.1, 0.15) is 18.3 Å². The lowest BCUT2D eigenvalue weighted by molar-refractivity contribution is -0.140. The summed E-state index contributed by atoms with van der Waals surface area (Å²) in [5.74, 6) is -0.857. The minimum atomic E-state index is -4.91. The molecule has 1 atom stereocenters. The van der Waals surface area contributed by atoms with Crippen LogP contribution in [0, 0.1) is 0 Å². The molecule has 0 aromatic heterocycles. The van der Waals surface area contributed by atoms with E-state index in [2.05, 4.69) is 5.32 Å². The topological polar surface area (TPSA) is 96.0 Å². The zero-order valence-electron chi connectivity index (χ0n) is 27.4. The summed E-state index contributed by atoms with van der Waals surface area (Å²) in [5.41, 5.74) is -1.11. The number of benzene rings is 4. The first kappa shape index (κ1) is 37.3. The second kappa shape index (κ2) is 15.3. The van der Waals surface area contributed by atoms with Crippen molar-refractivity contribution in [2.75, 3.05) is 18.0 Å². The molecule has 0 aliphatic heterocycles. The minimum absolute atomic E-state index is 0.0586. The fourth-order valence-electron chi connectivity index (χ4n) is 5.11. The molecule has 0 saturated heterocycles. The van der Waals surface area contributed by atoms with Gasteiger partial charge in [0.05, 0.1) is 28.3 Å². The number of carbonyl (C=O) groups excluding carboxylic acids is 2. The number of halogens is 4. The highest BCUT2D eigenvalue weighted by Crippen LogP contribution is 2.38. The summed E-state index contributed by atoms with van der Waals surface area (Å²) in [4.78, 5) is 29.6. The van der Waals surface area contributed by atoms with E-state index in [1.165, 1.54) is 36.3 Å². The third-order valence-electron chi connectivity index (χ3n) is 7.41. The van der Waals surface area contributed by atoms with Crippen LogP contribution in [0.3, 0.4) is 0 Å². The van der Waals surface area contributed by atoms with Crippen molar-refractivity contribution < 1.29 is 35.9 Å². The first-order valence-corrected chi connectivity index (χ1v) is 17.0. The van der Waals surface area contributed by atoms with Crippen LogP contribution in [0.5, 0.6) is 5.75 Å². The summed E-state index contributed by atoms with van der Waals surface area (Å²) in [5, 5.41) is 2.29. The molecule has 4 aromatic carbocycles. The van der Waals surface area contributed by atoms with Crippen LogP contribution in [0.15, 0.2) is 108 Å². The van der Waals surface area contributed by atoms with E-state index in [1.807, 2.05) is 0 Å². The minimum Gasteiger partial charge on any atom is -0.497 e. The van der Waals surface area contributed by atoms with Crippen LogP contribution in [-0.4, -0.2) is 50.4 Å². The number of amides is 2. The van der Waals surface area contributed by atoms with Gasteiger partial charge in [-0.2, -0.15) is 13.2 Å². The highest BCUT2D eigenvalue weighted by molar-refractivity contribution is 7.92. The highest BCUT2D eigenvalue weighted by Gasteiger charge is 2.38. The van der Waals surface area contributed by atoms with Crippen molar-refractivity contribution in [3.63, 3.8) is 0 Å². The molecule has 0 radical (unpaired) electrons. The maximum atomic E-state index is 14.6. The Morgan fingerprint density at radius 1 is 0.857 bits per heavy atom. The molecule has 4 rings (SSSR count). The van der Waals surface area contributed by atoms with Crippen molar-refractivity contribution in [3.8, 4) is 5.75 Å². The van der Waals surface area contributed by atoms with Crippen molar-refractivity contribution in [3.05, 3.63) is 125 Å². The highest BCUT2D eigenvalue weighted by atomic mass is 35.5. The molecule has 8 nitrogen and oxygen atoms in total. The number of sulfonamides is 1. The van der Waals surface area contributed by atoms with Gasteiger partial charge in [-0.05, 0) is 74.4 Å². The molecular weight excluding hydrogens is 679 g/mol. The number of hydrogen-bond donors (Lipinski definition) is 1. The van der Waals surface area contributed by atoms with Gasteiger partial charge in [-0.15, -0.1) is 0 Å². The summed E-state index contributed by atoms with van der Waals surface area (Å²) >= 11 is 5.88. The van der Waals surface area contributed by atoms with Crippen molar-refractivity contribution in [2.24, 2.45) is 0 Å². The molecular formula is C36H37ClF3N3O5S. The Labute approximate surface area is 289 Å². The van der Waals surface area contributed by atoms with E-state index >= 15 is 0 Å². The third-order valence-corrected chi connectivity index (χ3v) is 9.53. The van der Waals surface area contributed by atoms with Crippen LogP contribution >= 0.6 is 11.6 Å². The van der Waals surface area contributed by atoms with Crippen molar-refractivity contribution in [2.45, 2.75) is 56.4 Å². The fourth-order valence-corrected chi connectivity index (χ4v) is 6.76. The Hall–Kier alpha value is -4.55. The van der Waals surface area contributed by atoms with Crippen LogP contribution in [0.4, 0.5) is 18.9 Å².